The lowest BCUT2D eigenvalue weighted by Gasteiger charge is -1.99. The van der Waals surface area contributed by atoms with Crippen LogP contribution in [-0.2, 0) is 4.79 Å². The number of hydrogen-bond acceptors (Lipinski definition) is 5. The van der Waals surface area contributed by atoms with Crippen molar-refractivity contribution in [2.45, 2.75) is 0 Å². The molecule has 1 amide bonds. The van der Waals surface area contributed by atoms with Crippen LogP contribution in [0.3, 0.4) is 0 Å². The number of nitriles is 1. The van der Waals surface area contributed by atoms with Gasteiger partial charge >= 0.3 is 0 Å². The standard InChI is InChI=1S/C17H11N3OS2/c18-9-14(8-12-6-7-22-10-12)16(21)20-17-19-15(11-23-17)13-4-2-1-3-5-13/h1-8,10-11H,(H,19,20,21)/b14-8+. The molecule has 0 bridgehead atoms. The van der Waals surface area contributed by atoms with E-state index in [0.29, 0.717) is 5.13 Å². The highest BCUT2D eigenvalue weighted by atomic mass is 32.1. The molecule has 0 saturated heterocycles. The minimum Gasteiger partial charge on any atom is -0.297 e. The van der Waals surface area contributed by atoms with Crippen LogP contribution in [0.1, 0.15) is 5.56 Å². The normalized spacial score (nSPS) is 11.0. The third kappa shape index (κ3) is 3.72. The molecule has 1 aromatic carbocycles. The monoisotopic (exact) mass is 337 g/mol. The topological polar surface area (TPSA) is 65.8 Å². The van der Waals surface area contributed by atoms with Crippen molar-refractivity contribution < 1.29 is 4.79 Å². The van der Waals surface area contributed by atoms with Crippen molar-refractivity contribution in [2.75, 3.05) is 5.32 Å². The van der Waals surface area contributed by atoms with Crippen molar-refractivity contribution in [3.8, 4) is 17.3 Å². The predicted molar refractivity (Wildman–Crippen MR) is 94.1 cm³/mol. The van der Waals surface area contributed by atoms with Gasteiger partial charge < -0.3 is 0 Å². The number of amides is 1. The van der Waals surface area contributed by atoms with E-state index in [9.17, 15) is 4.79 Å². The zero-order valence-corrected chi connectivity index (χ0v) is 13.5. The Balaban J connectivity index is 1.76. The molecule has 0 atom stereocenters. The second-order valence-corrected chi connectivity index (χ2v) is 6.22. The Morgan fingerprint density at radius 1 is 1.22 bits per heavy atom. The highest BCUT2D eigenvalue weighted by molar-refractivity contribution is 7.14. The molecule has 2 aromatic heterocycles. The minimum absolute atomic E-state index is 0.0554. The predicted octanol–water partition coefficient (Wildman–Crippen LogP) is 4.42. The van der Waals surface area contributed by atoms with Crippen LogP contribution in [0.15, 0.2) is 58.1 Å². The van der Waals surface area contributed by atoms with E-state index in [-0.39, 0.29) is 5.57 Å². The number of thiophene rings is 1. The van der Waals surface area contributed by atoms with E-state index in [4.69, 9.17) is 5.26 Å². The number of rotatable bonds is 4. The van der Waals surface area contributed by atoms with Crippen molar-refractivity contribution in [2.24, 2.45) is 0 Å². The zero-order chi connectivity index (χ0) is 16.1. The molecule has 3 aromatic rings. The highest BCUT2D eigenvalue weighted by Crippen LogP contribution is 2.25. The second-order valence-electron chi connectivity index (χ2n) is 4.58. The first-order valence-electron chi connectivity index (χ1n) is 6.72. The summed E-state index contributed by atoms with van der Waals surface area (Å²) in [6.07, 6.45) is 1.57. The number of carbonyl (C=O) groups is 1. The number of carbonyl (C=O) groups excluding carboxylic acids is 1. The van der Waals surface area contributed by atoms with Gasteiger partial charge in [-0.3, -0.25) is 10.1 Å². The van der Waals surface area contributed by atoms with Gasteiger partial charge in [-0.15, -0.1) is 11.3 Å². The molecule has 0 aliphatic carbocycles. The van der Waals surface area contributed by atoms with Crippen LogP contribution in [-0.4, -0.2) is 10.9 Å². The number of benzene rings is 1. The first-order valence-corrected chi connectivity index (χ1v) is 8.55. The molecule has 0 aliphatic heterocycles. The fraction of sp³-hybridized carbons (Fsp3) is 0. The Kier molecular flexibility index (Phi) is 4.62. The Morgan fingerprint density at radius 2 is 2.04 bits per heavy atom. The van der Waals surface area contributed by atoms with Gasteiger partial charge in [-0.2, -0.15) is 16.6 Å². The van der Waals surface area contributed by atoms with Crippen LogP contribution in [0.2, 0.25) is 0 Å². The van der Waals surface area contributed by atoms with E-state index < -0.39 is 5.91 Å². The summed E-state index contributed by atoms with van der Waals surface area (Å²) in [7, 11) is 0. The summed E-state index contributed by atoms with van der Waals surface area (Å²) in [6, 6.07) is 13.5. The van der Waals surface area contributed by atoms with Gasteiger partial charge in [-0.1, -0.05) is 30.3 Å². The molecule has 2 heterocycles. The summed E-state index contributed by atoms with van der Waals surface area (Å²) in [6.45, 7) is 0. The maximum absolute atomic E-state index is 12.2. The highest BCUT2D eigenvalue weighted by Gasteiger charge is 2.12. The van der Waals surface area contributed by atoms with E-state index in [0.717, 1.165) is 16.8 Å². The average Bonchev–Trinajstić information content (AvgIpc) is 3.25. The number of thiazole rings is 1. The molecule has 4 nitrogen and oxygen atoms in total. The van der Waals surface area contributed by atoms with Gasteiger partial charge in [0.2, 0.25) is 0 Å². The summed E-state index contributed by atoms with van der Waals surface area (Å²) in [5, 5.41) is 18.0. The summed E-state index contributed by atoms with van der Waals surface area (Å²) < 4.78 is 0. The molecule has 0 fully saturated rings. The molecule has 23 heavy (non-hydrogen) atoms. The van der Waals surface area contributed by atoms with Crippen LogP contribution >= 0.6 is 22.7 Å². The van der Waals surface area contributed by atoms with Crippen molar-refractivity contribution in [3.63, 3.8) is 0 Å². The van der Waals surface area contributed by atoms with E-state index in [1.54, 1.807) is 6.08 Å². The van der Waals surface area contributed by atoms with Gasteiger partial charge in [0.1, 0.15) is 11.6 Å². The molecule has 0 saturated carbocycles. The molecular formula is C17H11N3OS2. The molecule has 0 unspecified atom stereocenters. The minimum atomic E-state index is -0.451. The van der Waals surface area contributed by atoms with Gasteiger partial charge in [0.15, 0.2) is 5.13 Å². The SMILES string of the molecule is N#C/C(=C\c1ccsc1)C(=O)Nc1nc(-c2ccccc2)cs1. The molecule has 1 N–H and O–H groups in total. The third-order valence-electron chi connectivity index (χ3n) is 3.01. The Morgan fingerprint density at radius 3 is 2.74 bits per heavy atom. The number of aromatic nitrogens is 1. The van der Waals surface area contributed by atoms with Gasteiger partial charge in [0, 0.05) is 10.9 Å². The maximum Gasteiger partial charge on any atom is 0.268 e. The van der Waals surface area contributed by atoms with E-state index in [2.05, 4.69) is 10.3 Å². The number of nitrogens with zero attached hydrogens (tertiary/aromatic N) is 2. The summed E-state index contributed by atoms with van der Waals surface area (Å²) >= 11 is 2.84. The fourth-order valence-corrected chi connectivity index (χ4v) is 3.24. The van der Waals surface area contributed by atoms with E-state index in [1.807, 2.05) is 58.6 Å². The molecular weight excluding hydrogens is 326 g/mol. The van der Waals surface area contributed by atoms with Gasteiger partial charge in [-0.25, -0.2) is 4.98 Å². The first-order chi connectivity index (χ1) is 11.3. The van der Waals surface area contributed by atoms with Crippen molar-refractivity contribution >= 4 is 39.8 Å². The second kappa shape index (κ2) is 7.01. The lowest BCUT2D eigenvalue weighted by atomic mass is 10.2. The Bertz CT molecular complexity index is 874. The summed E-state index contributed by atoms with van der Waals surface area (Å²) in [5.41, 5.74) is 2.68. The van der Waals surface area contributed by atoms with Crippen LogP contribution in [0.5, 0.6) is 0 Å². The molecule has 112 valence electrons. The number of anilines is 1. The molecule has 3 rings (SSSR count). The number of nitrogens with one attached hydrogen (secondary N) is 1. The quantitative estimate of drug-likeness (QED) is 0.566. The summed E-state index contributed by atoms with van der Waals surface area (Å²) in [5.74, 6) is -0.451. The van der Waals surface area contributed by atoms with E-state index >= 15 is 0 Å². The Labute approximate surface area is 141 Å². The largest absolute Gasteiger partial charge is 0.297 e. The lowest BCUT2D eigenvalue weighted by Crippen LogP contribution is -2.13. The van der Waals surface area contributed by atoms with Crippen LogP contribution in [0.25, 0.3) is 17.3 Å². The van der Waals surface area contributed by atoms with Crippen LogP contribution in [0, 0.1) is 11.3 Å². The molecule has 0 aliphatic rings. The fourth-order valence-electron chi connectivity index (χ4n) is 1.91. The van der Waals surface area contributed by atoms with Crippen molar-refractivity contribution in [1.29, 1.82) is 5.26 Å². The van der Waals surface area contributed by atoms with Gasteiger partial charge in [-0.05, 0) is 28.5 Å². The third-order valence-corrected chi connectivity index (χ3v) is 4.47. The maximum atomic E-state index is 12.2. The lowest BCUT2D eigenvalue weighted by molar-refractivity contribution is -0.112. The van der Waals surface area contributed by atoms with Crippen molar-refractivity contribution in [3.05, 3.63) is 63.7 Å². The smallest absolute Gasteiger partial charge is 0.268 e. The number of hydrogen-bond donors (Lipinski definition) is 1. The van der Waals surface area contributed by atoms with Crippen molar-refractivity contribution in [1.82, 2.24) is 4.98 Å². The Hall–Kier alpha value is -2.75. The first kappa shape index (κ1) is 15.2. The molecule has 0 spiro atoms. The summed E-state index contributed by atoms with van der Waals surface area (Å²) in [4.78, 5) is 16.6. The molecule has 0 radical (unpaired) electrons. The van der Waals surface area contributed by atoms with Gasteiger partial charge in [0.05, 0.1) is 5.69 Å². The molecule has 6 heteroatoms. The van der Waals surface area contributed by atoms with E-state index in [1.165, 1.54) is 22.7 Å². The average molecular weight is 337 g/mol. The van der Waals surface area contributed by atoms with Crippen LogP contribution < -0.4 is 5.32 Å². The van der Waals surface area contributed by atoms with Crippen LogP contribution in [0.4, 0.5) is 5.13 Å². The zero-order valence-electron chi connectivity index (χ0n) is 11.9. The van der Waals surface area contributed by atoms with Gasteiger partial charge in [0.25, 0.3) is 5.91 Å².